The predicted molar refractivity (Wildman–Crippen MR) is 36.0 cm³/mol. The van der Waals surface area contributed by atoms with Crippen molar-refractivity contribution in [2.75, 3.05) is 0 Å². The normalized spacial score (nSPS) is 10.3. The second kappa shape index (κ2) is 2.64. The second-order valence-electron chi connectivity index (χ2n) is 2.38. The van der Waals surface area contributed by atoms with Gasteiger partial charge in [-0.15, -0.1) is 0 Å². The van der Waals surface area contributed by atoms with Crippen LogP contribution in [0.15, 0.2) is 10.7 Å². The molecular weight excluding hydrogens is 130 g/mol. The van der Waals surface area contributed by atoms with Crippen molar-refractivity contribution in [1.82, 2.24) is 4.98 Å². The molecule has 0 aliphatic carbocycles. The van der Waals surface area contributed by atoms with Crippen LogP contribution in [0.5, 0.6) is 0 Å². The van der Waals surface area contributed by atoms with Crippen molar-refractivity contribution < 1.29 is 9.21 Å². The molecular formula is C7H9NO2. The molecule has 0 radical (unpaired) electrons. The molecule has 54 valence electrons. The topological polar surface area (TPSA) is 43.1 Å². The number of hydrogen-bond donors (Lipinski definition) is 0. The van der Waals surface area contributed by atoms with Crippen LogP contribution in [-0.2, 0) is 0 Å². The summed E-state index contributed by atoms with van der Waals surface area (Å²) >= 11 is 0. The van der Waals surface area contributed by atoms with Gasteiger partial charge in [-0.25, -0.2) is 4.98 Å². The van der Waals surface area contributed by atoms with E-state index in [1.54, 1.807) is 0 Å². The number of oxazole rings is 1. The Morgan fingerprint density at radius 1 is 1.70 bits per heavy atom. The standard InChI is InChI=1S/C7H9NO2/c1-5(2)6-4-10-7(3-9)8-6/h3-5H,1-2H3. The van der Waals surface area contributed by atoms with Crippen LogP contribution < -0.4 is 0 Å². The van der Waals surface area contributed by atoms with Gasteiger partial charge in [-0.2, -0.15) is 0 Å². The van der Waals surface area contributed by atoms with Gasteiger partial charge in [0.15, 0.2) is 0 Å². The van der Waals surface area contributed by atoms with E-state index >= 15 is 0 Å². The van der Waals surface area contributed by atoms with Crippen LogP contribution in [-0.4, -0.2) is 11.3 Å². The summed E-state index contributed by atoms with van der Waals surface area (Å²) in [5.41, 5.74) is 0.821. The summed E-state index contributed by atoms with van der Waals surface area (Å²) in [6, 6.07) is 0. The zero-order valence-electron chi connectivity index (χ0n) is 6.00. The number of aromatic nitrogens is 1. The van der Waals surface area contributed by atoms with E-state index in [4.69, 9.17) is 4.42 Å². The summed E-state index contributed by atoms with van der Waals surface area (Å²) < 4.78 is 4.80. The smallest absolute Gasteiger partial charge is 0.259 e. The van der Waals surface area contributed by atoms with E-state index in [2.05, 4.69) is 4.98 Å². The third-order valence-electron chi connectivity index (χ3n) is 1.23. The third kappa shape index (κ3) is 1.23. The van der Waals surface area contributed by atoms with Crippen LogP contribution in [0.3, 0.4) is 0 Å². The van der Waals surface area contributed by atoms with Crippen molar-refractivity contribution in [2.24, 2.45) is 0 Å². The Morgan fingerprint density at radius 2 is 2.40 bits per heavy atom. The fourth-order valence-corrected chi connectivity index (χ4v) is 0.620. The highest BCUT2D eigenvalue weighted by Crippen LogP contribution is 2.11. The largest absolute Gasteiger partial charge is 0.442 e. The van der Waals surface area contributed by atoms with Gasteiger partial charge in [0.2, 0.25) is 6.29 Å². The zero-order valence-corrected chi connectivity index (χ0v) is 6.00. The van der Waals surface area contributed by atoms with Gasteiger partial charge in [0.05, 0.1) is 5.69 Å². The molecule has 0 saturated heterocycles. The molecule has 3 heteroatoms. The van der Waals surface area contributed by atoms with Crippen molar-refractivity contribution in [1.29, 1.82) is 0 Å². The monoisotopic (exact) mass is 139 g/mol. The van der Waals surface area contributed by atoms with Crippen molar-refractivity contribution in [3.8, 4) is 0 Å². The average Bonchev–Trinajstić information content (AvgIpc) is 2.34. The Bertz CT molecular complexity index is 227. The Kier molecular flexibility index (Phi) is 1.85. The number of rotatable bonds is 2. The first-order valence-electron chi connectivity index (χ1n) is 3.14. The van der Waals surface area contributed by atoms with Gasteiger partial charge >= 0.3 is 0 Å². The van der Waals surface area contributed by atoms with Crippen molar-refractivity contribution in [3.63, 3.8) is 0 Å². The third-order valence-corrected chi connectivity index (χ3v) is 1.23. The molecule has 1 aromatic rings. The SMILES string of the molecule is CC(C)c1coc(C=O)n1. The summed E-state index contributed by atoms with van der Waals surface area (Å²) in [4.78, 5) is 14.0. The molecule has 0 atom stereocenters. The number of nitrogens with zero attached hydrogens (tertiary/aromatic N) is 1. The fourth-order valence-electron chi connectivity index (χ4n) is 0.620. The number of carbonyl (C=O) groups is 1. The summed E-state index contributed by atoms with van der Waals surface area (Å²) in [6.07, 6.45) is 2.11. The van der Waals surface area contributed by atoms with Gasteiger partial charge in [-0.3, -0.25) is 4.79 Å². The molecule has 0 aromatic carbocycles. The minimum atomic E-state index is 0.156. The predicted octanol–water partition coefficient (Wildman–Crippen LogP) is 1.61. The molecule has 0 fully saturated rings. The first kappa shape index (κ1) is 6.99. The summed E-state index contributed by atoms with van der Waals surface area (Å²) in [7, 11) is 0. The lowest BCUT2D eigenvalue weighted by atomic mass is 10.2. The molecule has 1 aromatic heterocycles. The Morgan fingerprint density at radius 3 is 2.70 bits per heavy atom. The molecule has 0 aliphatic heterocycles. The number of hydrogen-bond acceptors (Lipinski definition) is 3. The minimum absolute atomic E-state index is 0.156. The van der Waals surface area contributed by atoms with E-state index in [1.165, 1.54) is 6.26 Å². The maximum atomic E-state index is 10.1. The molecule has 1 rings (SSSR count). The van der Waals surface area contributed by atoms with Crippen LogP contribution in [0.1, 0.15) is 36.1 Å². The maximum Gasteiger partial charge on any atom is 0.259 e. The van der Waals surface area contributed by atoms with Gasteiger partial charge in [0.1, 0.15) is 6.26 Å². The second-order valence-corrected chi connectivity index (χ2v) is 2.38. The van der Waals surface area contributed by atoms with Crippen LogP contribution in [0.25, 0.3) is 0 Å². The van der Waals surface area contributed by atoms with Crippen LogP contribution >= 0.6 is 0 Å². The molecule has 0 unspecified atom stereocenters. The quantitative estimate of drug-likeness (QED) is 0.584. The molecule has 0 bridgehead atoms. The first-order valence-corrected chi connectivity index (χ1v) is 3.14. The first-order chi connectivity index (χ1) is 4.74. The number of carbonyl (C=O) groups excluding carboxylic acids is 1. The highest BCUT2D eigenvalue weighted by Gasteiger charge is 2.04. The highest BCUT2D eigenvalue weighted by molar-refractivity contribution is 5.67. The van der Waals surface area contributed by atoms with Gasteiger partial charge in [0, 0.05) is 0 Å². The van der Waals surface area contributed by atoms with E-state index in [1.807, 2.05) is 13.8 Å². The van der Waals surface area contributed by atoms with Crippen LogP contribution in [0, 0.1) is 0 Å². The van der Waals surface area contributed by atoms with Gasteiger partial charge in [0.25, 0.3) is 5.89 Å². The highest BCUT2D eigenvalue weighted by atomic mass is 16.3. The fraction of sp³-hybridized carbons (Fsp3) is 0.429. The molecule has 0 spiro atoms. The Labute approximate surface area is 59.1 Å². The van der Waals surface area contributed by atoms with Gasteiger partial charge < -0.3 is 4.42 Å². The molecule has 1 heterocycles. The number of aldehydes is 1. The van der Waals surface area contributed by atoms with E-state index in [9.17, 15) is 4.79 Å². The maximum absolute atomic E-state index is 10.1. The van der Waals surface area contributed by atoms with E-state index < -0.39 is 0 Å². The van der Waals surface area contributed by atoms with Crippen molar-refractivity contribution in [3.05, 3.63) is 17.8 Å². The van der Waals surface area contributed by atoms with Crippen molar-refractivity contribution in [2.45, 2.75) is 19.8 Å². The molecule has 3 nitrogen and oxygen atoms in total. The molecule has 0 N–H and O–H groups in total. The summed E-state index contributed by atoms with van der Waals surface area (Å²) in [5.74, 6) is 0.473. The summed E-state index contributed by atoms with van der Waals surface area (Å²) in [5, 5.41) is 0. The minimum Gasteiger partial charge on any atom is -0.442 e. The molecule has 0 saturated carbocycles. The lowest BCUT2D eigenvalue weighted by molar-refractivity contribution is 0.109. The van der Waals surface area contributed by atoms with E-state index in [0.717, 1.165) is 5.69 Å². The van der Waals surface area contributed by atoms with Gasteiger partial charge in [-0.1, -0.05) is 13.8 Å². The van der Waals surface area contributed by atoms with E-state index in [-0.39, 0.29) is 5.89 Å². The molecule has 0 amide bonds. The molecule has 10 heavy (non-hydrogen) atoms. The van der Waals surface area contributed by atoms with E-state index in [0.29, 0.717) is 12.2 Å². The zero-order chi connectivity index (χ0) is 7.56. The molecule has 0 aliphatic rings. The Balaban J connectivity index is 2.88. The van der Waals surface area contributed by atoms with Crippen molar-refractivity contribution >= 4 is 6.29 Å². The Hall–Kier alpha value is -1.12. The van der Waals surface area contributed by atoms with Crippen LogP contribution in [0.4, 0.5) is 0 Å². The van der Waals surface area contributed by atoms with Crippen LogP contribution in [0.2, 0.25) is 0 Å². The lowest BCUT2D eigenvalue weighted by Gasteiger charge is -1.93. The average molecular weight is 139 g/mol. The lowest BCUT2D eigenvalue weighted by Crippen LogP contribution is -1.87. The summed E-state index contributed by atoms with van der Waals surface area (Å²) in [6.45, 7) is 3.98. The van der Waals surface area contributed by atoms with Gasteiger partial charge in [-0.05, 0) is 5.92 Å².